The molecule has 4 heteroatoms. The first-order valence-electron chi connectivity index (χ1n) is 9.58. The Morgan fingerprint density at radius 2 is 1.55 bits per heavy atom. The second-order valence-electron chi connectivity index (χ2n) is 7.20. The highest BCUT2D eigenvalue weighted by Crippen LogP contribution is 2.22. The van der Waals surface area contributed by atoms with Crippen molar-refractivity contribution in [2.75, 3.05) is 4.90 Å². The van der Waals surface area contributed by atoms with E-state index in [1.807, 2.05) is 92.7 Å². The fourth-order valence-corrected chi connectivity index (χ4v) is 3.56. The summed E-state index contributed by atoms with van der Waals surface area (Å²) in [4.78, 5) is 30.8. The van der Waals surface area contributed by atoms with Gasteiger partial charge in [0.25, 0.3) is 11.5 Å². The van der Waals surface area contributed by atoms with Crippen LogP contribution in [0, 0.1) is 13.8 Å². The van der Waals surface area contributed by atoms with Gasteiger partial charge in [0.15, 0.2) is 0 Å². The number of pyridine rings is 1. The lowest BCUT2D eigenvalue weighted by molar-refractivity contribution is 0.0984. The number of nitrogens with one attached hydrogen (secondary N) is 1. The molecular formula is C25H22N2O2. The van der Waals surface area contributed by atoms with E-state index in [1.165, 1.54) is 0 Å². The van der Waals surface area contributed by atoms with E-state index in [2.05, 4.69) is 4.98 Å². The molecule has 0 bridgehead atoms. The average molecular weight is 382 g/mol. The van der Waals surface area contributed by atoms with Gasteiger partial charge < -0.3 is 9.88 Å². The van der Waals surface area contributed by atoms with E-state index in [-0.39, 0.29) is 18.0 Å². The number of H-pyrrole nitrogens is 1. The van der Waals surface area contributed by atoms with Crippen molar-refractivity contribution in [1.29, 1.82) is 0 Å². The fourth-order valence-electron chi connectivity index (χ4n) is 3.56. The number of benzene rings is 3. The summed E-state index contributed by atoms with van der Waals surface area (Å²) in [6, 6.07) is 24.7. The monoisotopic (exact) mass is 382 g/mol. The van der Waals surface area contributed by atoms with Crippen molar-refractivity contribution in [3.05, 3.63) is 111 Å². The van der Waals surface area contributed by atoms with Crippen LogP contribution in [-0.4, -0.2) is 10.9 Å². The lowest BCUT2D eigenvalue weighted by Gasteiger charge is -2.24. The van der Waals surface area contributed by atoms with E-state index in [9.17, 15) is 9.59 Å². The molecule has 0 aliphatic rings. The van der Waals surface area contributed by atoms with Gasteiger partial charge in [-0.2, -0.15) is 0 Å². The molecule has 1 N–H and O–H groups in total. The number of para-hydroxylation sites is 2. The molecule has 0 unspecified atom stereocenters. The van der Waals surface area contributed by atoms with Gasteiger partial charge >= 0.3 is 0 Å². The summed E-state index contributed by atoms with van der Waals surface area (Å²) >= 11 is 0. The van der Waals surface area contributed by atoms with Gasteiger partial charge in [-0.15, -0.1) is 0 Å². The van der Waals surface area contributed by atoms with E-state index in [0.29, 0.717) is 11.1 Å². The van der Waals surface area contributed by atoms with Crippen molar-refractivity contribution < 1.29 is 4.79 Å². The summed E-state index contributed by atoms with van der Waals surface area (Å²) in [5, 5.41) is 0.955. The highest BCUT2D eigenvalue weighted by molar-refractivity contribution is 6.07. The summed E-state index contributed by atoms with van der Waals surface area (Å²) in [5.41, 5.74) is 4.51. The number of hydrogen-bond donors (Lipinski definition) is 1. The van der Waals surface area contributed by atoms with Crippen molar-refractivity contribution in [3.63, 3.8) is 0 Å². The van der Waals surface area contributed by atoms with Gasteiger partial charge in [-0.25, -0.2) is 0 Å². The van der Waals surface area contributed by atoms with Crippen LogP contribution in [0.3, 0.4) is 0 Å². The Morgan fingerprint density at radius 1 is 0.862 bits per heavy atom. The quantitative estimate of drug-likeness (QED) is 0.540. The van der Waals surface area contributed by atoms with Crippen molar-refractivity contribution in [2.45, 2.75) is 20.4 Å². The number of nitrogens with zero attached hydrogens (tertiary/aromatic N) is 1. The minimum atomic E-state index is -0.176. The minimum absolute atomic E-state index is 0.127. The largest absolute Gasteiger partial charge is 0.321 e. The van der Waals surface area contributed by atoms with Crippen molar-refractivity contribution in [2.24, 2.45) is 0 Å². The number of aryl methyl sites for hydroxylation is 2. The molecule has 0 spiro atoms. The van der Waals surface area contributed by atoms with Gasteiger partial charge in [0.05, 0.1) is 12.1 Å². The molecule has 4 aromatic rings. The number of carbonyl (C=O) groups excluding carboxylic acids is 1. The summed E-state index contributed by atoms with van der Waals surface area (Å²) < 4.78 is 0. The van der Waals surface area contributed by atoms with Gasteiger partial charge in [-0.3, -0.25) is 9.59 Å². The molecule has 1 amide bonds. The topological polar surface area (TPSA) is 53.2 Å². The second-order valence-corrected chi connectivity index (χ2v) is 7.20. The van der Waals surface area contributed by atoms with Crippen molar-refractivity contribution >= 4 is 22.5 Å². The van der Waals surface area contributed by atoms with Gasteiger partial charge in [0.1, 0.15) is 0 Å². The Labute approximate surface area is 169 Å². The third-order valence-corrected chi connectivity index (χ3v) is 5.18. The molecule has 0 saturated heterocycles. The minimum Gasteiger partial charge on any atom is -0.321 e. The summed E-state index contributed by atoms with van der Waals surface area (Å²) in [7, 11) is 0. The number of anilines is 1. The summed E-state index contributed by atoms with van der Waals surface area (Å²) in [5.74, 6) is -0.127. The highest BCUT2D eigenvalue weighted by atomic mass is 16.2. The number of amides is 1. The maximum absolute atomic E-state index is 13.4. The Morgan fingerprint density at radius 3 is 2.31 bits per heavy atom. The van der Waals surface area contributed by atoms with Crippen LogP contribution in [0.25, 0.3) is 10.9 Å². The smallest absolute Gasteiger partial charge is 0.258 e. The SMILES string of the molecule is Cc1ccccc1C(=O)N(Cc1cc2cccc(C)c2[nH]c1=O)c1ccccc1. The molecule has 3 aromatic carbocycles. The summed E-state index contributed by atoms with van der Waals surface area (Å²) in [6.07, 6.45) is 0. The fraction of sp³-hybridized carbons (Fsp3) is 0.120. The molecule has 4 nitrogen and oxygen atoms in total. The Bertz CT molecular complexity index is 1240. The van der Waals surface area contributed by atoms with Gasteiger partial charge in [0.2, 0.25) is 0 Å². The van der Waals surface area contributed by atoms with Crippen LogP contribution in [0.2, 0.25) is 0 Å². The summed E-state index contributed by atoms with van der Waals surface area (Å²) in [6.45, 7) is 4.08. The Hall–Kier alpha value is -3.66. The standard InChI is InChI=1S/C25H22N2O2/c1-17-9-6-7-14-22(17)25(29)27(21-12-4-3-5-13-21)16-20-15-19-11-8-10-18(2)23(19)26-24(20)28/h3-15H,16H2,1-2H3,(H,26,28). The third kappa shape index (κ3) is 3.69. The molecule has 4 rings (SSSR count). The third-order valence-electron chi connectivity index (χ3n) is 5.18. The molecule has 144 valence electrons. The van der Waals surface area contributed by atoms with Crippen LogP contribution < -0.4 is 10.5 Å². The second kappa shape index (κ2) is 7.76. The van der Waals surface area contributed by atoms with E-state index >= 15 is 0 Å². The number of carbonyl (C=O) groups is 1. The molecule has 0 aliphatic heterocycles. The van der Waals surface area contributed by atoms with Crippen LogP contribution in [-0.2, 0) is 6.54 Å². The Kier molecular flexibility index (Phi) is 5.00. The van der Waals surface area contributed by atoms with Crippen LogP contribution in [0.15, 0.2) is 83.7 Å². The zero-order valence-electron chi connectivity index (χ0n) is 16.5. The predicted molar refractivity (Wildman–Crippen MR) is 117 cm³/mol. The number of fused-ring (bicyclic) bond motifs is 1. The maximum Gasteiger partial charge on any atom is 0.258 e. The van der Waals surface area contributed by atoms with E-state index in [1.54, 1.807) is 4.90 Å². The molecule has 0 radical (unpaired) electrons. The normalized spacial score (nSPS) is 10.8. The van der Waals surface area contributed by atoms with E-state index in [0.717, 1.165) is 27.7 Å². The first kappa shape index (κ1) is 18.7. The van der Waals surface area contributed by atoms with Crippen LogP contribution in [0.5, 0.6) is 0 Å². The van der Waals surface area contributed by atoms with Crippen LogP contribution >= 0.6 is 0 Å². The van der Waals surface area contributed by atoms with Gasteiger partial charge in [-0.05, 0) is 54.6 Å². The van der Waals surface area contributed by atoms with E-state index < -0.39 is 0 Å². The zero-order chi connectivity index (χ0) is 20.4. The zero-order valence-corrected chi connectivity index (χ0v) is 16.5. The lowest BCUT2D eigenvalue weighted by Crippen LogP contribution is -2.33. The average Bonchev–Trinajstić information content (AvgIpc) is 2.73. The van der Waals surface area contributed by atoms with Crippen molar-refractivity contribution in [3.8, 4) is 0 Å². The molecule has 1 aromatic heterocycles. The molecule has 0 atom stereocenters. The maximum atomic E-state index is 13.4. The Balaban J connectivity index is 1.80. The lowest BCUT2D eigenvalue weighted by atomic mass is 10.1. The molecular weight excluding hydrogens is 360 g/mol. The first-order chi connectivity index (χ1) is 14.0. The van der Waals surface area contributed by atoms with Gasteiger partial charge in [-0.1, -0.05) is 54.6 Å². The number of aromatic amines is 1. The number of rotatable bonds is 4. The molecule has 0 fully saturated rings. The number of aromatic nitrogens is 1. The number of hydrogen-bond acceptors (Lipinski definition) is 2. The first-order valence-corrected chi connectivity index (χ1v) is 9.58. The molecule has 29 heavy (non-hydrogen) atoms. The van der Waals surface area contributed by atoms with Crippen LogP contribution in [0.4, 0.5) is 5.69 Å². The van der Waals surface area contributed by atoms with Gasteiger partial charge in [0, 0.05) is 16.8 Å². The molecule has 0 saturated carbocycles. The molecule has 1 heterocycles. The highest BCUT2D eigenvalue weighted by Gasteiger charge is 2.21. The predicted octanol–water partition coefficient (Wildman–Crippen LogP) is 4.99. The van der Waals surface area contributed by atoms with E-state index in [4.69, 9.17) is 0 Å². The molecule has 0 aliphatic carbocycles. The van der Waals surface area contributed by atoms with Crippen LogP contribution in [0.1, 0.15) is 27.0 Å². The van der Waals surface area contributed by atoms with Crippen molar-refractivity contribution in [1.82, 2.24) is 4.98 Å².